The fourth-order valence-corrected chi connectivity index (χ4v) is 5.70. The number of anilines is 2. The number of carbonyl (C=O) groups is 2. The molecule has 6 rings (SSSR count). The molecule has 1 fully saturated rings. The summed E-state index contributed by atoms with van der Waals surface area (Å²) in [6.07, 6.45) is 2.07. The van der Waals surface area contributed by atoms with Crippen LogP contribution in [-0.4, -0.2) is 53.1 Å². The van der Waals surface area contributed by atoms with Crippen LogP contribution >= 0.6 is 11.6 Å². The minimum atomic E-state index is -1.10. The first-order valence-corrected chi connectivity index (χ1v) is 14.0. The third-order valence-corrected chi connectivity index (χ3v) is 8.03. The lowest BCUT2D eigenvalue weighted by atomic mass is 9.92. The molecule has 4 aromatic rings. The van der Waals surface area contributed by atoms with E-state index in [-0.39, 0.29) is 36.2 Å². The molecule has 3 heterocycles. The third kappa shape index (κ3) is 5.35. The van der Waals surface area contributed by atoms with E-state index in [2.05, 4.69) is 20.6 Å². The normalized spacial score (nSPS) is 17.4. The summed E-state index contributed by atoms with van der Waals surface area (Å²) in [6.45, 7) is 0.699. The Kier molecular flexibility index (Phi) is 7.41. The Labute approximate surface area is 251 Å². The molecule has 218 valence electrons. The van der Waals surface area contributed by atoms with Crippen LogP contribution in [-0.2, 0) is 11.3 Å². The Hall–Kier alpha value is -4.67. The van der Waals surface area contributed by atoms with E-state index in [0.717, 1.165) is 11.1 Å². The number of aliphatic imine (C=N–C) groups is 1. The summed E-state index contributed by atoms with van der Waals surface area (Å²) in [7, 11) is 1.53. The van der Waals surface area contributed by atoms with Crippen LogP contribution in [0.4, 0.5) is 20.3 Å². The monoisotopic (exact) mass is 600 g/mol. The van der Waals surface area contributed by atoms with E-state index >= 15 is 0 Å². The number of amides is 2. The molecule has 0 saturated carbocycles. The number of hydrogen-bond acceptors (Lipinski definition) is 6. The van der Waals surface area contributed by atoms with Crippen molar-refractivity contribution in [2.24, 2.45) is 10.7 Å². The zero-order chi connectivity index (χ0) is 30.3. The van der Waals surface area contributed by atoms with Gasteiger partial charge >= 0.3 is 0 Å². The van der Waals surface area contributed by atoms with Gasteiger partial charge in [0.2, 0.25) is 5.91 Å². The smallest absolute Gasteiger partial charge is 0.253 e. The van der Waals surface area contributed by atoms with Gasteiger partial charge in [0, 0.05) is 48.2 Å². The predicted octanol–water partition coefficient (Wildman–Crippen LogP) is 5.06. The summed E-state index contributed by atoms with van der Waals surface area (Å²) in [4.78, 5) is 35.9. The highest BCUT2D eigenvalue weighted by molar-refractivity contribution is 6.31. The number of nitrogens with zero attached hydrogens (tertiary/aromatic N) is 3. The largest absolute Gasteiger partial charge is 0.358 e. The number of nitrogens with two attached hydrogens (primary N) is 1. The molecule has 1 aromatic heterocycles. The van der Waals surface area contributed by atoms with Gasteiger partial charge < -0.3 is 21.3 Å². The van der Waals surface area contributed by atoms with Crippen molar-refractivity contribution in [2.75, 3.05) is 25.5 Å². The summed E-state index contributed by atoms with van der Waals surface area (Å²) in [5.74, 6) is -1.39. The second-order valence-electron chi connectivity index (χ2n) is 10.6. The van der Waals surface area contributed by atoms with Crippen LogP contribution in [0.15, 0.2) is 77.9 Å². The minimum Gasteiger partial charge on any atom is -0.358 e. The number of nitrogens with one attached hydrogen (secondary N) is 2. The first-order chi connectivity index (χ1) is 20.7. The van der Waals surface area contributed by atoms with Crippen molar-refractivity contribution >= 4 is 40.6 Å². The predicted molar refractivity (Wildman–Crippen MR) is 162 cm³/mol. The maximum atomic E-state index is 14.8. The van der Waals surface area contributed by atoms with Crippen LogP contribution in [0.2, 0.25) is 5.02 Å². The zero-order valence-corrected chi connectivity index (χ0v) is 23.9. The third-order valence-electron chi connectivity index (χ3n) is 7.79. The number of aromatic nitrogens is 1. The van der Waals surface area contributed by atoms with Crippen molar-refractivity contribution in [1.29, 1.82) is 0 Å². The number of hydrogen-bond donors (Lipinski definition) is 3. The molecule has 0 spiro atoms. The Morgan fingerprint density at radius 2 is 1.74 bits per heavy atom. The van der Waals surface area contributed by atoms with Gasteiger partial charge in [-0.05, 0) is 77.7 Å². The van der Waals surface area contributed by atoms with Crippen molar-refractivity contribution in [1.82, 2.24) is 15.2 Å². The molecule has 8 nitrogen and oxygen atoms in total. The summed E-state index contributed by atoms with van der Waals surface area (Å²) < 4.78 is 29.6. The maximum absolute atomic E-state index is 14.8. The lowest BCUT2D eigenvalue weighted by Crippen LogP contribution is -2.55. The first-order valence-electron chi connectivity index (χ1n) is 13.6. The molecule has 1 unspecified atom stereocenters. The number of benzene rings is 3. The van der Waals surface area contributed by atoms with E-state index in [1.54, 1.807) is 53.6 Å². The highest BCUT2D eigenvalue weighted by Crippen LogP contribution is 2.36. The lowest BCUT2D eigenvalue weighted by molar-refractivity contribution is -0.125. The van der Waals surface area contributed by atoms with Crippen molar-refractivity contribution in [2.45, 2.75) is 18.5 Å². The van der Waals surface area contributed by atoms with Crippen LogP contribution in [0.25, 0.3) is 11.1 Å². The number of rotatable bonds is 5. The van der Waals surface area contributed by atoms with Gasteiger partial charge in [0.05, 0.1) is 17.8 Å². The molecule has 4 N–H and O–H groups in total. The van der Waals surface area contributed by atoms with Crippen molar-refractivity contribution in [3.8, 4) is 11.1 Å². The molecular formula is C32H27ClF2N6O2. The van der Waals surface area contributed by atoms with Gasteiger partial charge in [-0.3, -0.25) is 14.6 Å². The number of likely N-dealkylation sites (tertiary alicyclic amines) is 1. The maximum Gasteiger partial charge on any atom is 0.253 e. The van der Waals surface area contributed by atoms with E-state index in [1.807, 2.05) is 6.07 Å². The summed E-state index contributed by atoms with van der Waals surface area (Å²) in [5, 5.41) is 6.23. The van der Waals surface area contributed by atoms with Crippen molar-refractivity contribution in [3.63, 3.8) is 0 Å². The van der Waals surface area contributed by atoms with E-state index in [4.69, 9.17) is 17.3 Å². The van der Waals surface area contributed by atoms with Gasteiger partial charge in [0.25, 0.3) is 5.91 Å². The van der Waals surface area contributed by atoms with Gasteiger partial charge in [-0.25, -0.2) is 13.8 Å². The molecule has 2 amide bonds. The Morgan fingerprint density at radius 1 is 1.00 bits per heavy atom. The molecule has 0 bridgehead atoms. The second-order valence-corrected chi connectivity index (χ2v) is 11.0. The summed E-state index contributed by atoms with van der Waals surface area (Å²) in [6, 6.07) is 17.7. The SMILES string of the molecule is CNC(=O)C1(N)CCN(C(=O)c2ccc(Nc3cc4c(cn3)CN=C(c3c(F)cccc3F)c3cc(Cl)ccc3-4)cc2)C1. The fourth-order valence-electron chi connectivity index (χ4n) is 5.53. The first kappa shape index (κ1) is 28.4. The molecule has 1 atom stereocenters. The molecule has 0 radical (unpaired) electrons. The Bertz CT molecular complexity index is 1780. The molecule has 2 aliphatic rings. The number of pyridine rings is 1. The number of carbonyl (C=O) groups excluding carboxylic acids is 2. The highest BCUT2D eigenvalue weighted by atomic mass is 35.5. The average molecular weight is 601 g/mol. The van der Waals surface area contributed by atoms with Gasteiger partial charge in [0.15, 0.2) is 0 Å². The van der Waals surface area contributed by atoms with Crippen molar-refractivity contribution < 1.29 is 18.4 Å². The average Bonchev–Trinajstić information content (AvgIpc) is 3.34. The molecule has 43 heavy (non-hydrogen) atoms. The number of fused-ring (bicyclic) bond motifs is 3. The van der Waals surface area contributed by atoms with E-state index in [9.17, 15) is 18.4 Å². The highest BCUT2D eigenvalue weighted by Gasteiger charge is 2.42. The van der Waals surface area contributed by atoms with Crippen molar-refractivity contribution in [3.05, 3.63) is 112 Å². The van der Waals surface area contributed by atoms with Crippen LogP contribution in [0.1, 0.15) is 33.5 Å². The van der Waals surface area contributed by atoms with E-state index in [0.29, 0.717) is 46.2 Å². The van der Waals surface area contributed by atoms with Crippen LogP contribution in [0, 0.1) is 11.6 Å². The van der Waals surface area contributed by atoms with E-state index < -0.39 is 17.2 Å². The van der Waals surface area contributed by atoms with Gasteiger partial charge in [-0.2, -0.15) is 0 Å². The van der Waals surface area contributed by atoms with Crippen LogP contribution < -0.4 is 16.4 Å². The van der Waals surface area contributed by atoms with Gasteiger partial charge in [-0.15, -0.1) is 0 Å². The summed E-state index contributed by atoms with van der Waals surface area (Å²) in [5.41, 5.74) is 9.04. The van der Waals surface area contributed by atoms with Crippen LogP contribution in [0.3, 0.4) is 0 Å². The quantitative estimate of drug-likeness (QED) is 0.296. The van der Waals surface area contributed by atoms with E-state index in [1.165, 1.54) is 25.2 Å². The zero-order valence-electron chi connectivity index (χ0n) is 23.1. The number of likely N-dealkylation sites (N-methyl/N-ethyl adjacent to an activating group) is 1. The Balaban J connectivity index is 1.25. The standard InChI is InChI=1S/C32H27ClF2N6O2/c1-37-31(43)32(36)11-12-41(17-32)30(42)18-5-8-21(9-6-18)40-27-14-23-19(15-38-27)16-39-29(24-13-20(33)7-10-22(23)24)28-25(34)3-2-4-26(28)35/h2-10,13-15H,11-12,16-17,36H2,1H3,(H,37,43)(H,38,40). The number of halogens is 3. The van der Waals surface area contributed by atoms with Gasteiger partial charge in [-0.1, -0.05) is 23.7 Å². The Morgan fingerprint density at radius 3 is 2.47 bits per heavy atom. The molecule has 0 aliphatic carbocycles. The van der Waals surface area contributed by atoms with Gasteiger partial charge in [0.1, 0.15) is 23.0 Å². The molecule has 2 aliphatic heterocycles. The molecule has 11 heteroatoms. The molecule has 3 aromatic carbocycles. The second kappa shape index (κ2) is 11.2. The lowest BCUT2D eigenvalue weighted by Gasteiger charge is -2.22. The minimum absolute atomic E-state index is 0.145. The molecular weight excluding hydrogens is 574 g/mol. The topological polar surface area (TPSA) is 113 Å². The van der Waals surface area contributed by atoms with Crippen LogP contribution in [0.5, 0.6) is 0 Å². The fraction of sp³-hybridized carbons (Fsp3) is 0.188. The summed E-state index contributed by atoms with van der Waals surface area (Å²) >= 11 is 6.32. The molecule has 1 saturated heterocycles.